The minimum atomic E-state index is 0.0503. The van der Waals surface area contributed by atoms with Gasteiger partial charge in [-0.3, -0.25) is 0 Å². The van der Waals surface area contributed by atoms with Gasteiger partial charge in [-0.05, 0) is 25.0 Å². The summed E-state index contributed by atoms with van der Waals surface area (Å²) in [5.74, 6) is 1.49. The molecule has 0 amide bonds. The summed E-state index contributed by atoms with van der Waals surface area (Å²) in [6.45, 7) is 0.787. The number of nitrogen functional groups attached to an aromatic ring is 1. The lowest BCUT2D eigenvalue weighted by molar-refractivity contribution is -0.129. The monoisotopic (exact) mass is 291 g/mol. The molecule has 1 atom stereocenters. The van der Waals surface area contributed by atoms with Crippen LogP contribution in [0.25, 0.3) is 0 Å². The van der Waals surface area contributed by atoms with Gasteiger partial charge in [0.2, 0.25) is 0 Å². The Morgan fingerprint density at radius 3 is 2.76 bits per heavy atom. The predicted octanol–water partition coefficient (Wildman–Crippen LogP) is 3.54. The van der Waals surface area contributed by atoms with E-state index in [1.165, 1.54) is 32.1 Å². The fourth-order valence-corrected chi connectivity index (χ4v) is 3.59. The zero-order valence-electron chi connectivity index (χ0n) is 12.8. The molecular formula is C17H25NO3. The highest BCUT2D eigenvalue weighted by atomic mass is 16.5. The van der Waals surface area contributed by atoms with E-state index < -0.39 is 0 Å². The van der Waals surface area contributed by atoms with E-state index in [1.807, 2.05) is 18.2 Å². The first-order valence-corrected chi connectivity index (χ1v) is 7.95. The van der Waals surface area contributed by atoms with Crippen LogP contribution in [0.2, 0.25) is 0 Å². The van der Waals surface area contributed by atoms with E-state index in [0.717, 1.165) is 30.9 Å². The maximum absolute atomic E-state index is 6.20. The Kier molecular flexibility index (Phi) is 4.24. The van der Waals surface area contributed by atoms with Crippen LogP contribution in [-0.2, 0) is 4.74 Å². The molecule has 2 fully saturated rings. The smallest absolute Gasteiger partial charge is 0.163 e. The van der Waals surface area contributed by atoms with Gasteiger partial charge in [0.05, 0.1) is 19.3 Å². The van der Waals surface area contributed by atoms with Gasteiger partial charge in [-0.25, -0.2) is 0 Å². The van der Waals surface area contributed by atoms with Crippen molar-refractivity contribution in [2.24, 2.45) is 0 Å². The van der Waals surface area contributed by atoms with Gasteiger partial charge in [-0.15, -0.1) is 0 Å². The number of ether oxygens (including phenoxy) is 3. The fourth-order valence-electron chi connectivity index (χ4n) is 3.59. The number of methoxy groups -OCH3 is 1. The van der Waals surface area contributed by atoms with Gasteiger partial charge in [0.15, 0.2) is 11.5 Å². The molecule has 4 nitrogen and oxygen atoms in total. The minimum absolute atomic E-state index is 0.0503. The molecule has 0 bridgehead atoms. The SMILES string of the molecule is COc1ccc(N)cc1OC1CCOC2(CCCCC2)C1. The second kappa shape index (κ2) is 6.14. The molecule has 1 heterocycles. The molecule has 0 radical (unpaired) electrons. The molecule has 1 aromatic rings. The molecule has 1 unspecified atom stereocenters. The predicted molar refractivity (Wildman–Crippen MR) is 82.8 cm³/mol. The van der Waals surface area contributed by atoms with Crippen LogP contribution >= 0.6 is 0 Å². The summed E-state index contributed by atoms with van der Waals surface area (Å²) in [6.07, 6.45) is 8.31. The van der Waals surface area contributed by atoms with Crippen molar-refractivity contribution in [1.29, 1.82) is 0 Å². The van der Waals surface area contributed by atoms with Crippen molar-refractivity contribution in [3.63, 3.8) is 0 Å². The molecule has 1 aromatic carbocycles. The van der Waals surface area contributed by atoms with E-state index in [9.17, 15) is 0 Å². The van der Waals surface area contributed by atoms with Crippen LogP contribution in [0.4, 0.5) is 5.69 Å². The van der Waals surface area contributed by atoms with Crippen molar-refractivity contribution in [3.8, 4) is 11.5 Å². The normalized spacial score (nSPS) is 24.7. The molecule has 1 aliphatic heterocycles. The number of hydrogen-bond donors (Lipinski definition) is 1. The van der Waals surface area contributed by atoms with Crippen LogP contribution in [0.15, 0.2) is 18.2 Å². The summed E-state index contributed by atoms with van der Waals surface area (Å²) < 4.78 is 17.7. The highest BCUT2D eigenvalue weighted by Crippen LogP contribution is 2.40. The van der Waals surface area contributed by atoms with Crippen molar-refractivity contribution >= 4 is 5.69 Å². The number of hydrogen-bond acceptors (Lipinski definition) is 4. The number of anilines is 1. The standard InChI is InChI=1S/C17H25NO3/c1-19-15-6-5-13(18)11-16(15)21-14-7-10-20-17(12-14)8-3-2-4-9-17/h5-6,11,14H,2-4,7-10,12,18H2,1H3. The summed E-state index contributed by atoms with van der Waals surface area (Å²) in [7, 11) is 1.66. The Morgan fingerprint density at radius 1 is 1.19 bits per heavy atom. The third-order valence-electron chi connectivity index (χ3n) is 4.69. The van der Waals surface area contributed by atoms with Gasteiger partial charge in [-0.1, -0.05) is 19.3 Å². The van der Waals surface area contributed by atoms with Crippen LogP contribution in [0.5, 0.6) is 11.5 Å². The van der Waals surface area contributed by atoms with Crippen LogP contribution in [-0.4, -0.2) is 25.4 Å². The van der Waals surface area contributed by atoms with Crippen molar-refractivity contribution in [2.75, 3.05) is 19.5 Å². The molecule has 116 valence electrons. The van der Waals surface area contributed by atoms with Crippen LogP contribution in [0.1, 0.15) is 44.9 Å². The van der Waals surface area contributed by atoms with E-state index >= 15 is 0 Å². The third-order valence-corrected chi connectivity index (χ3v) is 4.69. The van der Waals surface area contributed by atoms with E-state index in [-0.39, 0.29) is 11.7 Å². The molecular weight excluding hydrogens is 266 g/mol. The zero-order valence-corrected chi connectivity index (χ0v) is 12.8. The van der Waals surface area contributed by atoms with Gasteiger partial charge in [-0.2, -0.15) is 0 Å². The Hall–Kier alpha value is -1.42. The first kappa shape index (κ1) is 14.5. The lowest BCUT2D eigenvalue weighted by Gasteiger charge is -2.43. The maximum atomic E-state index is 6.20. The summed E-state index contributed by atoms with van der Waals surface area (Å²) in [5, 5.41) is 0. The van der Waals surface area contributed by atoms with Crippen LogP contribution in [0, 0.1) is 0 Å². The van der Waals surface area contributed by atoms with Crippen LogP contribution in [0.3, 0.4) is 0 Å². The van der Waals surface area contributed by atoms with Gasteiger partial charge >= 0.3 is 0 Å². The van der Waals surface area contributed by atoms with Gasteiger partial charge < -0.3 is 19.9 Å². The first-order valence-electron chi connectivity index (χ1n) is 7.95. The fraction of sp³-hybridized carbons (Fsp3) is 0.647. The van der Waals surface area contributed by atoms with E-state index in [4.69, 9.17) is 19.9 Å². The van der Waals surface area contributed by atoms with E-state index in [1.54, 1.807) is 7.11 Å². The van der Waals surface area contributed by atoms with Crippen molar-refractivity contribution in [3.05, 3.63) is 18.2 Å². The van der Waals surface area contributed by atoms with Gasteiger partial charge in [0.1, 0.15) is 6.10 Å². The Labute approximate surface area is 126 Å². The highest BCUT2D eigenvalue weighted by Gasteiger charge is 2.39. The molecule has 1 aliphatic carbocycles. The molecule has 1 spiro atoms. The van der Waals surface area contributed by atoms with E-state index in [2.05, 4.69) is 0 Å². The second-order valence-electron chi connectivity index (χ2n) is 6.24. The Balaban J connectivity index is 1.71. The average molecular weight is 291 g/mol. The summed E-state index contributed by atoms with van der Waals surface area (Å²) in [4.78, 5) is 0. The summed E-state index contributed by atoms with van der Waals surface area (Å²) in [5.41, 5.74) is 6.61. The maximum Gasteiger partial charge on any atom is 0.163 e. The van der Waals surface area contributed by atoms with Crippen molar-refractivity contribution in [2.45, 2.75) is 56.7 Å². The number of rotatable bonds is 3. The van der Waals surface area contributed by atoms with Gasteiger partial charge in [0, 0.05) is 24.6 Å². The zero-order chi connectivity index (χ0) is 14.7. The molecule has 0 aromatic heterocycles. The summed E-state index contributed by atoms with van der Waals surface area (Å²) >= 11 is 0. The first-order chi connectivity index (χ1) is 10.2. The molecule has 21 heavy (non-hydrogen) atoms. The molecule has 1 saturated carbocycles. The quantitative estimate of drug-likeness (QED) is 0.865. The van der Waals surface area contributed by atoms with Crippen molar-refractivity contribution < 1.29 is 14.2 Å². The van der Waals surface area contributed by atoms with Gasteiger partial charge in [0.25, 0.3) is 0 Å². The number of benzene rings is 1. The lowest BCUT2D eigenvalue weighted by atomic mass is 9.79. The number of nitrogens with two attached hydrogens (primary N) is 1. The minimum Gasteiger partial charge on any atom is -0.493 e. The molecule has 3 rings (SSSR count). The molecule has 1 saturated heterocycles. The van der Waals surface area contributed by atoms with E-state index in [0.29, 0.717) is 5.69 Å². The average Bonchev–Trinajstić information content (AvgIpc) is 2.48. The highest BCUT2D eigenvalue weighted by molar-refractivity contribution is 5.52. The summed E-state index contributed by atoms with van der Waals surface area (Å²) in [6, 6.07) is 5.54. The van der Waals surface area contributed by atoms with Crippen LogP contribution < -0.4 is 15.2 Å². The largest absolute Gasteiger partial charge is 0.493 e. The second-order valence-corrected chi connectivity index (χ2v) is 6.24. The lowest BCUT2D eigenvalue weighted by Crippen LogP contribution is -2.45. The third kappa shape index (κ3) is 3.26. The Bertz CT molecular complexity index is 477. The molecule has 4 heteroatoms. The molecule has 2 aliphatic rings. The van der Waals surface area contributed by atoms with Crippen molar-refractivity contribution in [1.82, 2.24) is 0 Å². The topological polar surface area (TPSA) is 53.7 Å². The molecule has 2 N–H and O–H groups in total. The Morgan fingerprint density at radius 2 is 2.00 bits per heavy atom.